The van der Waals surface area contributed by atoms with Gasteiger partial charge in [0.05, 0.1) is 22.8 Å². The molecule has 68 heavy (non-hydrogen) atoms. The van der Waals surface area contributed by atoms with Crippen molar-refractivity contribution in [1.82, 2.24) is 19.9 Å². The van der Waals surface area contributed by atoms with Crippen molar-refractivity contribution in [3.63, 3.8) is 0 Å². The molecule has 0 fully saturated rings. The number of fused-ring (bicyclic) bond motifs is 8. The fourth-order valence-corrected chi connectivity index (χ4v) is 7.96. The van der Waals surface area contributed by atoms with Gasteiger partial charge in [-0.2, -0.15) is 18.3 Å². The highest BCUT2D eigenvalue weighted by Crippen LogP contribution is 2.38. The number of carboxylic acids is 4. The van der Waals surface area contributed by atoms with Crippen LogP contribution >= 0.6 is 0 Å². The lowest BCUT2D eigenvalue weighted by molar-refractivity contribution is -0.685. The van der Waals surface area contributed by atoms with Crippen molar-refractivity contribution in [3.05, 3.63) is 145 Å². The van der Waals surface area contributed by atoms with Crippen LogP contribution < -0.4 is 86.2 Å². The molecule has 8 bridgehead atoms. The fraction of sp³-hybridized carbons (Fsp3) is 0.0833. The van der Waals surface area contributed by atoms with E-state index in [0.717, 1.165) is 50.0 Å². The number of nitrogens with zero attached hydrogens (tertiary/aromatic N) is 6. The molecule has 9 heterocycles. The van der Waals surface area contributed by atoms with Crippen molar-refractivity contribution >= 4 is 70.2 Å². The van der Waals surface area contributed by atoms with Crippen LogP contribution in [-0.2, 0) is 45.4 Å². The Morgan fingerprint density at radius 3 is 0.838 bits per heavy atom. The predicted octanol–water partition coefficient (Wildman–Crippen LogP) is -7.17. The van der Waals surface area contributed by atoms with Crippen LogP contribution in [0.15, 0.2) is 122 Å². The zero-order valence-corrected chi connectivity index (χ0v) is 41.6. The molecule has 0 saturated carbocycles. The molecule has 9 rings (SSSR count). The number of nitrogens with one attached hydrogen (secondary N) is 2. The second-order valence-electron chi connectivity index (χ2n) is 15.1. The average Bonchev–Trinajstić information content (AvgIpc) is 4.11. The molecule has 2 aliphatic heterocycles. The monoisotopic (exact) mass is 1170 g/mol. The highest BCUT2D eigenvalue weighted by Gasteiger charge is 2.22. The van der Waals surface area contributed by atoms with Crippen LogP contribution in [0.4, 0.5) is 0 Å². The van der Waals surface area contributed by atoms with Crippen molar-refractivity contribution in [2.45, 2.75) is 26.2 Å². The molecule has 0 spiro atoms. The number of aromatic amines is 2. The van der Waals surface area contributed by atoms with Gasteiger partial charge in [-0.05, 0) is 70.8 Å². The topological polar surface area (TPSA) is 222 Å². The van der Waals surface area contributed by atoms with Crippen molar-refractivity contribution in [2.24, 2.45) is 0 Å². The molecule has 7 aromatic rings. The summed E-state index contributed by atoms with van der Waals surface area (Å²) in [5.74, 6) is -3.91. The van der Waals surface area contributed by atoms with Gasteiger partial charge < -0.3 is 98.3 Å². The van der Waals surface area contributed by atoms with Crippen LogP contribution in [-0.4, -0.2) is 64.2 Å². The number of hydrogen-bond donors (Lipinski definition) is 6. The third-order valence-electron chi connectivity index (χ3n) is 10.7. The van der Waals surface area contributed by atoms with Gasteiger partial charge in [0.1, 0.15) is 0 Å². The average molecular weight is 1170 g/mol. The summed E-state index contributed by atoms with van der Waals surface area (Å²) in [6.45, 7) is -0.866. The minimum absolute atomic E-state index is 0. The Balaban J connectivity index is 0.00000216. The van der Waals surface area contributed by atoms with E-state index in [1.165, 1.54) is 0 Å². The molecule has 20 heteroatoms. The third kappa shape index (κ3) is 11.2. The molecular weight excluding hydrogens is 1140 g/mol. The number of pyridine rings is 4. The summed E-state index contributed by atoms with van der Waals surface area (Å²) in [6, 6.07) is 22.5. The van der Waals surface area contributed by atoms with Crippen LogP contribution in [0.2, 0.25) is 0 Å². The maximum Gasteiger partial charge on any atom is 0.370 e. The van der Waals surface area contributed by atoms with E-state index in [2.05, 4.69) is 9.97 Å². The molecule has 0 aromatic carbocycles. The van der Waals surface area contributed by atoms with Gasteiger partial charge in [0, 0.05) is 92.9 Å². The normalized spacial score (nSPS) is 11.1. The number of halogens is 4. The van der Waals surface area contributed by atoms with E-state index in [-0.39, 0.29) is 94.1 Å². The van der Waals surface area contributed by atoms with Gasteiger partial charge in [-0.15, -0.1) is 0 Å². The summed E-state index contributed by atoms with van der Waals surface area (Å²) >= 11 is 0. The molecular formula is C48H38Br4N8O8. The third-order valence-corrected chi connectivity index (χ3v) is 10.7. The lowest BCUT2D eigenvalue weighted by atomic mass is 10.0. The van der Waals surface area contributed by atoms with Gasteiger partial charge >= 0.3 is 23.9 Å². The first-order valence-corrected chi connectivity index (χ1v) is 20.0. The number of aliphatic carboxylic acids is 4. The highest BCUT2D eigenvalue weighted by molar-refractivity contribution is 6.00. The SMILES string of the molecule is O=C(O)C[n+]1ccc(-c2c3nc(c(-c4cc[n+](CC(=O)O)cc4)c4ccc([nH]4)c(-c4cc[n+](CC(=O)O)cc4)c4ccc([nH]4)c(-c4cc[n+](CC(=O)O)cc4)c4nc2C=C4)C=C3)cc1.[Br-].[Br-].[Br-].[Br-]. The van der Waals surface area contributed by atoms with E-state index >= 15 is 0 Å². The molecule has 0 atom stereocenters. The molecule has 0 aliphatic carbocycles. The van der Waals surface area contributed by atoms with E-state index in [1.54, 1.807) is 67.8 Å². The summed E-state index contributed by atoms with van der Waals surface area (Å²) in [5, 5.41) is 37.9. The maximum absolute atomic E-state index is 11.6. The van der Waals surface area contributed by atoms with Crippen molar-refractivity contribution < 1.29 is 126 Å². The summed E-state index contributed by atoms with van der Waals surface area (Å²) in [4.78, 5) is 64.0. The smallest absolute Gasteiger partial charge is 0.370 e. The first kappa shape index (κ1) is 52.0. The fourth-order valence-electron chi connectivity index (χ4n) is 7.96. The Morgan fingerprint density at radius 2 is 0.574 bits per heavy atom. The Hall–Kier alpha value is -7.00. The zero-order valence-electron chi connectivity index (χ0n) is 35.3. The van der Waals surface area contributed by atoms with Crippen LogP contribution in [0.5, 0.6) is 0 Å². The van der Waals surface area contributed by atoms with Gasteiger partial charge in [-0.3, -0.25) is 0 Å². The largest absolute Gasteiger partial charge is 1.00 e. The first-order valence-electron chi connectivity index (χ1n) is 20.0. The number of aromatic nitrogens is 8. The number of carbonyl (C=O) groups is 4. The van der Waals surface area contributed by atoms with Crippen LogP contribution in [0.1, 0.15) is 22.8 Å². The number of rotatable bonds is 12. The molecule has 0 saturated heterocycles. The van der Waals surface area contributed by atoms with Crippen molar-refractivity contribution in [3.8, 4) is 44.5 Å². The maximum atomic E-state index is 11.6. The molecule has 0 radical (unpaired) electrons. The molecule has 0 amide bonds. The Morgan fingerprint density at radius 1 is 0.353 bits per heavy atom. The second kappa shape index (κ2) is 22.2. The molecule has 6 N–H and O–H groups in total. The van der Waals surface area contributed by atoms with E-state index in [1.807, 2.05) is 97.1 Å². The summed E-state index contributed by atoms with van der Waals surface area (Å²) in [5.41, 5.74) is 11.2. The Labute approximate surface area is 429 Å². The van der Waals surface area contributed by atoms with Crippen LogP contribution in [0, 0.1) is 0 Å². The van der Waals surface area contributed by atoms with Gasteiger partial charge in [-0.1, -0.05) is 0 Å². The van der Waals surface area contributed by atoms with Gasteiger partial charge in [0.2, 0.25) is 26.2 Å². The summed E-state index contributed by atoms with van der Waals surface area (Å²) in [7, 11) is 0. The summed E-state index contributed by atoms with van der Waals surface area (Å²) in [6.07, 6.45) is 21.2. The Kier molecular flexibility index (Phi) is 17.0. The van der Waals surface area contributed by atoms with Crippen molar-refractivity contribution in [1.29, 1.82) is 0 Å². The standard InChI is InChI=1S/C48H34N8O8.4BrH/c57-41(58)25-53-17-9-29(10-18-53)45-33-1-2-34(49-33)46(30-11-19-54(20-12-30)26-42(59)60)36-5-6-38(51-36)48(32-15-23-56(24-16-32)28-44(63)64)40-8-7-39(52-40)47(37-4-3-35(45)50-37)31-13-21-55(22-14-31)27-43(61)62;;;;/h1-24H,25-28H2,(H2-3,49,50,51,52,57,58,59,60,61,62,63,64);4*1H. The molecule has 16 nitrogen and oxygen atoms in total. The first-order chi connectivity index (χ1) is 30.9. The van der Waals surface area contributed by atoms with Crippen LogP contribution in [0.25, 0.3) is 90.9 Å². The molecule has 2 aliphatic rings. The number of hydrogen-bond acceptors (Lipinski definition) is 6. The number of H-pyrrole nitrogens is 2. The predicted molar refractivity (Wildman–Crippen MR) is 232 cm³/mol. The van der Waals surface area contributed by atoms with Gasteiger partial charge in [0.15, 0.2) is 49.6 Å². The minimum Gasteiger partial charge on any atom is -1.00 e. The summed E-state index contributed by atoms with van der Waals surface area (Å²) < 4.78 is 6.27. The van der Waals surface area contributed by atoms with E-state index < -0.39 is 23.9 Å². The quantitative estimate of drug-likeness (QED) is 0.0636. The molecule has 0 unspecified atom stereocenters. The second-order valence-corrected chi connectivity index (χ2v) is 15.1. The Bertz CT molecular complexity index is 3130. The molecule has 346 valence electrons. The van der Waals surface area contributed by atoms with E-state index in [4.69, 9.17) is 9.97 Å². The van der Waals surface area contributed by atoms with Gasteiger partial charge in [0.25, 0.3) is 0 Å². The highest BCUT2D eigenvalue weighted by atomic mass is 79.9. The van der Waals surface area contributed by atoms with Crippen molar-refractivity contribution in [2.75, 3.05) is 0 Å². The van der Waals surface area contributed by atoms with Crippen LogP contribution in [0.3, 0.4) is 0 Å². The minimum atomic E-state index is -0.980. The van der Waals surface area contributed by atoms with Gasteiger partial charge in [-0.25, -0.2) is 29.1 Å². The lowest BCUT2D eigenvalue weighted by Gasteiger charge is -2.06. The molecule has 7 aromatic heterocycles. The van der Waals surface area contributed by atoms with E-state index in [9.17, 15) is 39.6 Å². The van der Waals surface area contributed by atoms with E-state index in [0.29, 0.717) is 39.4 Å². The number of carboxylic acid groups (broad SMARTS) is 4. The lowest BCUT2D eigenvalue weighted by Crippen LogP contribution is -3.00. The zero-order chi connectivity index (χ0) is 44.5.